The Bertz CT molecular complexity index is 979. The van der Waals surface area contributed by atoms with Gasteiger partial charge in [0.1, 0.15) is 0 Å². The van der Waals surface area contributed by atoms with E-state index in [-0.39, 0.29) is 29.3 Å². The first kappa shape index (κ1) is 22.6. The largest absolute Gasteiger partial charge is 0.475 e. The summed E-state index contributed by atoms with van der Waals surface area (Å²) in [6.45, 7) is 5.86. The number of nitrogens with zero attached hydrogens (tertiary/aromatic N) is 1. The molecule has 1 atom stereocenters. The summed E-state index contributed by atoms with van der Waals surface area (Å²) < 4.78 is 15.2. The van der Waals surface area contributed by atoms with Crippen LogP contribution < -0.4 is 4.74 Å². The van der Waals surface area contributed by atoms with Crippen molar-refractivity contribution in [3.8, 4) is 5.75 Å². The van der Waals surface area contributed by atoms with Gasteiger partial charge in [-0.2, -0.15) is 0 Å². The van der Waals surface area contributed by atoms with E-state index in [4.69, 9.17) is 14.2 Å². The van der Waals surface area contributed by atoms with E-state index in [0.717, 1.165) is 0 Å². The molecule has 0 saturated carbocycles. The third kappa shape index (κ3) is 5.02. The number of rotatable bonds is 9. The fourth-order valence-corrected chi connectivity index (χ4v) is 2.86. The summed E-state index contributed by atoms with van der Waals surface area (Å²) in [6.07, 6.45) is -1.17. The summed E-state index contributed by atoms with van der Waals surface area (Å²) in [5.41, 5.74) is 0.967. The molecule has 1 heterocycles. The first-order valence-electron chi connectivity index (χ1n) is 9.13. The van der Waals surface area contributed by atoms with Gasteiger partial charge in [0, 0.05) is 11.8 Å². The lowest BCUT2D eigenvalue weighted by atomic mass is 10.1. The van der Waals surface area contributed by atoms with Crippen LogP contribution in [0.1, 0.15) is 46.0 Å². The van der Waals surface area contributed by atoms with Gasteiger partial charge in [0.15, 0.2) is 18.5 Å². The molecule has 0 saturated heterocycles. The van der Waals surface area contributed by atoms with Crippen LogP contribution in [0.2, 0.25) is 0 Å². The summed E-state index contributed by atoms with van der Waals surface area (Å²) in [7, 11) is 0. The second kappa shape index (κ2) is 9.68. The van der Waals surface area contributed by atoms with Gasteiger partial charge >= 0.3 is 17.6 Å². The Morgan fingerprint density at radius 3 is 2.50 bits per heavy atom. The molecule has 2 aromatic rings. The number of aromatic amines is 1. The molecule has 0 aliphatic carbocycles. The monoisotopic (exact) mass is 418 g/mol. The molecule has 1 aromatic carbocycles. The van der Waals surface area contributed by atoms with Crippen molar-refractivity contribution in [1.82, 2.24) is 4.98 Å². The van der Waals surface area contributed by atoms with Gasteiger partial charge in [-0.3, -0.25) is 14.9 Å². The summed E-state index contributed by atoms with van der Waals surface area (Å²) in [4.78, 5) is 49.9. The van der Waals surface area contributed by atoms with Crippen LogP contribution in [-0.2, 0) is 14.3 Å². The molecule has 0 bridgehead atoms. The van der Waals surface area contributed by atoms with Gasteiger partial charge in [0.2, 0.25) is 5.78 Å². The van der Waals surface area contributed by atoms with Gasteiger partial charge < -0.3 is 19.2 Å². The number of carbonyl (C=O) groups excluding carboxylic acids is 3. The highest BCUT2D eigenvalue weighted by Gasteiger charge is 2.27. The Kier molecular flexibility index (Phi) is 7.29. The Morgan fingerprint density at radius 1 is 1.20 bits per heavy atom. The van der Waals surface area contributed by atoms with E-state index in [1.807, 2.05) is 0 Å². The highest BCUT2D eigenvalue weighted by atomic mass is 16.6. The fraction of sp³-hybridized carbons (Fsp3) is 0.350. The van der Waals surface area contributed by atoms with E-state index in [9.17, 15) is 24.5 Å². The van der Waals surface area contributed by atoms with Crippen molar-refractivity contribution in [2.24, 2.45) is 0 Å². The highest BCUT2D eigenvalue weighted by molar-refractivity contribution is 6.04. The number of aromatic nitrogens is 1. The number of para-hydroxylation sites is 2. The summed E-state index contributed by atoms with van der Waals surface area (Å²) in [5, 5.41) is 11.0. The van der Waals surface area contributed by atoms with Gasteiger partial charge in [-0.25, -0.2) is 9.59 Å². The minimum absolute atomic E-state index is 0.0895. The van der Waals surface area contributed by atoms with Crippen LogP contribution in [0.15, 0.2) is 24.3 Å². The van der Waals surface area contributed by atoms with Crippen molar-refractivity contribution in [2.75, 3.05) is 13.2 Å². The van der Waals surface area contributed by atoms with E-state index >= 15 is 0 Å². The number of ketones is 1. The number of esters is 2. The quantitative estimate of drug-likeness (QED) is 0.284. The average Bonchev–Trinajstić information content (AvgIpc) is 3.00. The van der Waals surface area contributed by atoms with Crippen LogP contribution in [0, 0.1) is 24.0 Å². The van der Waals surface area contributed by atoms with Crippen LogP contribution in [0.5, 0.6) is 5.75 Å². The molecule has 0 aliphatic rings. The molecular formula is C20H22N2O8. The number of nitrogens with one attached hydrogen (secondary N) is 1. The van der Waals surface area contributed by atoms with Gasteiger partial charge in [0.25, 0.3) is 0 Å². The predicted molar refractivity (Wildman–Crippen MR) is 105 cm³/mol. The molecule has 2 rings (SSSR count). The number of Topliss-reactive ketones (excluding diaryl/α,β-unsaturated/α-hetero) is 1. The molecule has 0 amide bonds. The second-order valence-electron chi connectivity index (χ2n) is 6.36. The number of carbonyl (C=O) groups is 3. The lowest BCUT2D eigenvalue weighted by Gasteiger charge is -2.13. The van der Waals surface area contributed by atoms with Crippen molar-refractivity contribution in [2.45, 2.75) is 33.8 Å². The number of nitro groups is 1. The number of nitro benzene ring substituents is 1. The molecular weight excluding hydrogens is 396 g/mol. The van der Waals surface area contributed by atoms with Crippen LogP contribution in [0.3, 0.4) is 0 Å². The second-order valence-corrected chi connectivity index (χ2v) is 6.36. The lowest BCUT2D eigenvalue weighted by molar-refractivity contribution is -0.385. The number of benzene rings is 1. The van der Waals surface area contributed by atoms with Crippen LogP contribution in [0.4, 0.5) is 5.69 Å². The number of hydrogen-bond donors (Lipinski definition) is 1. The number of H-pyrrole nitrogens is 1. The molecule has 30 heavy (non-hydrogen) atoms. The Hall–Kier alpha value is -3.69. The maximum atomic E-state index is 12.7. The molecule has 1 N–H and O–H groups in total. The standard InChI is InChI=1S/C20H22N2O8/c1-5-28-20(25)17-11(2)18(21-12(17)3)19(24)13(4)30-16(23)10-29-15-9-7-6-8-14(15)22(26)27/h6-9,13,21H,5,10H2,1-4H3/t13-/m0/s1. The molecule has 0 unspecified atom stereocenters. The Labute approximate surface area is 172 Å². The van der Waals surface area contributed by atoms with E-state index in [1.165, 1.54) is 31.2 Å². The maximum Gasteiger partial charge on any atom is 0.344 e. The third-order valence-electron chi connectivity index (χ3n) is 4.25. The Morgan fingerprint density at radius 2 is 1.87 bits per heavy atom. The van der Waals surface area contributed by atoms with E-state index in [0.29, 0.717) is 11.3 Å². The molecule has 1 aromatic heterocycles. The fourth-order valence-electron chi connectivity index (χ4n) is 2.86. The number of hydrogen-bond acceptors (Lipinski definition) is 8. The third-order valence-corrected chi connectivity index (χ3v) is 4.25. The van der Waals surface area contributed by atoms with Gasteiger partial charge in [-0.15, -0.1) is 0 Å². The van der Waals surface area contributed by atoms with Crippen LogP contribution >= 0.6 is 0 Å². The smallest absolute Gasteiger partial charge is 0.344 e. The average molecular weight is 418 g/mol. The zero-order valence-electron chi connectivity index (χ0n) is 17.0. The summed E-state index contributed by atoms with van der Waals surface area (Å²) in [5.74, 6) is -2.05. The first-order valence-corrected chi connectivity index (χ1v) is 9.13. The topological polar surface area (TPSA) is 138 Å². The van der Waals surface area contributed by atoms with Gasteiger partial charge in [0.05, 0.1) is 22.8 Å². The van der Waals surface area contributed by atoms with Crippen molar-refractivity contribution in [1.29, 1.82) is 0 Å². The van der Waals surface area contributed by atoms with E-state index in [1.54, 1.807) is 20.8 Å². The molecule has 10 heteroatoms. The molecule has 0 radical (unpaired) electrons. The minimum Gasteiger partial charge on any atom is -0.475 e. The Balaban J connectivity index is 2.04. The number of ether oxygens (including phenoxy) is 3. The first-order chi connectivity index (χ1) is 14.2. The highest BCUT2D eigenvalue weighted by Crippen LogP contribution is 2.26. The normalized spacial score (nSPS) is 11.5. The predicted octanol–water partition coefficient (Wildman–Crippen LogP) is 2.91. The van der Waals surface area contributed by atoms with E-state index in [2.05, 4.69) is 4.98 Å². The van der Waals surface area contributed by atoms with Gasteiger partial charge in [-0.05, 0) is 39.3 Å². The molecule has 160 valence electrons. The van der Waals surface area contributed by atoms with Crippen molar-refractivity contribution in [3.63, 3.8) is 0 Å². The molecule has 0 fully saturated rings. The molecule has 10 nitrogen and oxygen atoms in total. The summed E-state index contributed by atoms with van der Waals surface area (Å²) >= 11 is 0. The van der Waals surface area contributed by atoms with Crippen LogP contribution in [0.25, 0.3) is 0 Å². The van der Waals surface area contributed by atoms with Gasteiger partial charge in [-0.1, -0.05) is 12.1 Å². The SMILES string of the molecule is CCOC(=O)c1c(C)[nH]c(C(=O)[C@H](C)OC(=O)COc2ccccc2[N+](=O)[O-])c1C. The van der Waals surface area contributed by atoms with E-state index < -0.39 is 35.4 Å². The van der Waals surface area contributed by atoms with Crippen LogP contribution in [-0.4, -0.2) is 46.9 Å². The van der Waals surface area contributed by atoms with Crippen molar-refractivity contribution < 1.29 is 33.5 Å². The lowest BCUT2D eigenvalue weighted by Crippen LogP contribution is -2.28. The zero-order chi connectivity index (χ0) is 22.4. The molecule has 0 spiro atoms. The summed E-state index contributed by atoms with van der Waals surface area (Å²) in [6, 6.07) is 5.58. The minimum atomic E-state index is -1.17. The maximum absolute atomic E-state index is 12.7. The molecule has 0 aliphatic heterocycles. The van der Waals surface area contributed by atoms with Crippen molar-refractivity contribution in [3.05, 3.63) is 56.9 Å². The number of aryl methyl sites for hydroxylation is 1. The zero-order valence-corrected chi connectivity index (χ0v) is 17.0. The van der Waals surface area contributed by atoms with Crippen molar-refractivity contribution >= 4 is 23.4 Å².